The molecule has 0 spiro atoms. The summed E-state index contributed by atoms with van der Waals surface area (Å²) in [6.07, 6.45) is 0.170. The van der Waals surface area contributed by atoms with Gasteiger partial charge in [-0.25, -0.2) is 18.5 Å². The van der Waals surface area contributed by atoms with E-state index in [4.69, 9.17) is 0 Å². The Labute approximate surface area is 156 Å². The second-order valence-electron chi connectivity index (χ2n) is 5.73. The molecule has 0 bridgehead atoms. The van der Waals surface area contributed by atoms with Gasteiger partial charge in [0.1, 0.15) is 17.7 Å². The first-order valence-electron chi connectivity index (χ1n) is 7.83. The fourth-order valence-corrected chi connectivity index (χ4v) is 2.48. The molecule has 0 aliphatic carbocycles. The first-order chi connectivity index (χ1) is 11.8. The lowest BCUT2D eigenvalue weighted by atomic mass is 10.1. The predicted octanol–water partition coefficient (Wildman–Crippen LogP) is 1.27. The number of hydrogen-bond acceptors (Lipinski definition) is 4. The molecule has 0 aromatic heterocycles. The summed E-state index contributed by atoms with van der Waals surface area (Å²) in [5, 5.41) is 5.35. The first-order valence-corrected chi connectivity index (χ1v) is 7.83. The van der Waals surface area contributed by atoms with Crippen molar-refractivity contribution in [3.05, 3.63) is 29.8 Å². The SMILES string of the molecule is CNCCN(C)C(=O)CCC1NC(=O)N(c2ccc(F)cc2F)C1=O.Cl. The lowest BCUT2D eigenvalue weighted by molar-refractivity contribution is -0.130. The van der Waals surface area contributed by atoms with Crippen LogP contribution in [0, 0.1) is 11.6 Å². The Bertz CT molecular complexity index is 689. The third-order valence-corrected chi connectivity index (χ3v) is 3.94. The molecule has 1 aliphatic rings. The van der Waals surface area contributed by atoms with E-state index >= 15 is 0 Å². The summed E-state index contributed by atoms with van der Waals surface area (Å²) < 4.78 is 26.8. The van der Waals surface area contributed by atoms with Gasteiger partial charge >= 0.3 is 6.03 Å². The van der Waals surface area contributed by atoms with Gasteiger partial charge in [-0.2, -0.15) is 0 Å². The molecule has 0 saturated carbocycles. The van der Waals surface area contributed by atoms with Gasteiger partial charge < -0.3 is 15.5 Å². The minimum Gasteiger partial charge on any atom is -0.344 e. The van der Waals surface area contributed by atoms with Crippen LogP contribution < -0.4 is 15.5 Å². The van der Waals surface area contributed by atoms with Crippen molar-refractivity contribution in [2.45, 2.75) is 18.9 Å². The van der Waals surface area contributed by atoms with Crippen molar-refractivity contribution in [1.29, 1.82) is 0 Å². The smallest absolute Gasteiger partial charge is 0.329 e. The van der Waals surface area contributed by atoms with E-state index in [1.54, 1.807) is 14.1 Å². The van der Waals surface area contributed by atoms with Crippen molar-refractivity contribution in [3.8, 4) is 0 Å². The normalized spacial score (nSPS) is 16.3. The molecule has 144 valence electrons. The van der Waals surface area contributed by atoms with E-state index in [0.29, 0.717) is 24.1 Å². The minimum absolute atomic E-state index is 0. The first kappa shape index (κ1) is 21.8. The van der Waals surface area contributed by atoms with Crippen molar-refractivity contribution in [3.63, 3.8) is 0 Å². The molecule has 1 aromatic rings. The third-order valence-electron chi connectivity index (χ3n) is 3.94. The maximum absolute atomic E-state index is 13.8. The largest absolute Gasteiger partial charge is 0.344 e. The average Bonchev–Trinajstić information content (AvgIpc) is 2.84. The third kappa shape index (κ3) is 4.89. The van der Waals surface area contributed by atoms with Gasteiger partial charge in [0.15, 0.2) is 0 Å². The van der Waals surface area contributed by atoms with Gasteiger partial charge in [0.05, 0.1) is 5.69 Å². The highest BCUT2D eigenvalue weighted by molar-refractivity contribution is 6.21. The van der Waals surface area contributed by atoms with E-state index in [2.05, 4.69) is 10.6 Å². The number of hydrogen-bond donors (Lipinski definition) is 2. The monoisotopic (exact) mass is 390 g/mol. The van der Waals surface area contributed by atoms with Crippen molar-refractivity contribution < 1.29 is 23.2 Å². The molecule has 1 aromatic carbocycles. The second kappa shape index (κ2) is 9.44. The van der Waals surface area contributed by atoms with Crippen LogP contribution >= 0.6 is 12.4 Å². The molecule has 1 aliphatic heterocycles. The molecule has 2 N–H and O–H groups in total. The summed E-state index contributed by atoms with van der Waals surface area (Å²) in [6.45, 7) is 1.16. The van der Waals surface area contributed by atoms with E-state index in [9.17, 15) is 23.2 Å². The molecule has 10 heteroatoms. The van der Waals surface area contributed by atoms with Crippen LogP contribution in [0.4, 0.5) is 19.3 Å². The highest BCUT2D eigenvalue weighted by Gasteiger charge is 2.40. The minimum atomic E-state index is -1.01. The van der Waals surface area contributed by atoms with Crippen LogP contribution in [-0.4, -0.2) is 56.0 Å². The molecule has 1 saturated heterocycles. The van der Waals surface area contributed by atoms with Crippen LogP contribution in [0.15, 0.2) is 18.2 Å². The standard InChI is InChI=1S/C16H20F2N4O3.ClH/c1-19-7-8-21(2)14(23)6-4-12-15(24)22(16(25)20-12)13-5-3-10(17)9-11(13)18;/h3,5,9,12,19H,4,6-8H2,1-2H3,(H,20,25);1H. The maximum Gasteiger partial charge on any atom is 0.329 e. The van der Waals surface area contributed by atoms with E-state index in [1.165, 1.54) is 4.90 Å². The quantitative estimate of drug-likeness (QED) is 0.687. The molecule has 26 heavy (non-hydrogen) atoms. The summed E-state index contributed by atoms with van der Waals surface area (Å²) in [5.41, 5.74) is -0.316. The molecule has 0 radical (unpaired) electrons. The average molecular weight is 391 g/mol. The molecule has 4 amide bonds. The van der Waals surface area contributed by atoms with Crippen LogP contribution in [0.3, 0.4) is 0 Å². The second-order valence-corrected chi connectivity index (χ2v) is 5.73. The van der Waals surface area contributed by atoms with Crippen molar-refractivity contribution in [2.24, 2.45) is 0 Å². The number of rotatable bonds is 7. The van der Waals surface area contributed by atoms with Gasteiger partial charge in [0.25, 0.3) is 5.91 Å². The summed E-state index contributed by atoms with van der Waals surface area (Å²) in [4.78, 5) is 38.5. The van der Waals surface area contributed by atoms with Crippen LogP contribution in [0.1, 0.15) is 12.8 Å². The number of urea groups is 1. The fraction of sp³-hybridized carbons (Fsp3) is 0.438. The number of amides is 4. The summed E-state index contributed by atoms with van der Waals surface area (Å²) in [5.74, 6) is -2.64. The number of anilines is 1. The maximum atomic E-state index is 13.8. The number of halogens is 3. The topological polar surface area (TPSA) is 81.8 Å². The van der Waals surface area contributed by atoms with Gasteiger partial charge in [0.2, 0.25) is 5.91 Å². The van der Waals surface area contributed by atoms with E-state index in [1.807, 2.05) is 0 Å². The summed E-state index contributed by atoms with van der Waals surface area (Å²) in [6, 6.07) is 0.882. The van der Waals surface area contributed by atoms with E-state index in [0.717, 1.165) is 12.1 Å². The molecule has 7 nitrogen and oxygen atoms in total. The highest BCUT2D eigenvalue weighted by atomic mass is 35.5. The number of carbonyl (C=O) groups excluding carboxylic acids is 3. The molecule has 1 heterocycles. The Balaban J connectivity index is 0.00000338. The number of nitrogens with zero attached hydrogens (tertiary/aromatic N) is 2. The van der Waals surface area contributed by atoms with Crippen LogP contribution in [0.5, 0.6) is 0 Å². The van der Waals surface area contributed by atoms with Gasteiger partial charge in [0, 0.05) is 32.6 Å². The van der Waals surface area contributed by atoms with Crippen molar-refractivity contribution in [1.82, 2.24) is 15.5 Å². The highest BCUT2D eigenvalue weighted by Crippen LogP contribution is 2.25. The van der Waals surface area contributed by atoms with Crippen LogP contribution in [0.2, 0.25) is 0 Å². The Morgan fingerprint density at radius 3 is 2.65 bits per heavy atom. The van der Waals surface area contributed by atoms with Crippen molar-refractivity contribution >= 4 is 35.9 Å². The van der Waals surface area contributed by atoms with Gasteiger partial charge in [-0.05, 0) is 25.6 Å². The van der Waals surface area contributed by atoms with E-state index in [-0.39, 0.29) is 36.8 Å². The van der Waals surface area contributed by atoms with Gasteiger partial charge in [-0.3, -0.25) is 9.59 Å². The summed E-state index contributed by atoms with van der Waals surface area (Å²) >= 11 is 0. The number of nitrogens with one attached hydrogen (secondary N) is 2. The number of benzene rings is 1. The lowest BCUT2D eigenvalue weighted by Gasteiger charge is -2.17. The Hall–Kier alpha value is -2.26. The molecular weight excluding hydrogens is 370 g/mol. The Morgan fingerprint density at radius 2 is 2.04 bits per heavy atom. The Kier molecular flexibility index (Phi) is 7.91. The zero-order valence-corrected chi connectivity index (χ0v) is 15.2. The zero-order valence-electron chi connectivity index (χ0n) is 14.4. The van der Waals surface area contributed by atoms with Gasteiger partial charge in [-0.15, -0.1) is 12.4 Å². The van der Waals surface area contributed by atoms with Crippen molar-refractivity contribution in [2.75, 3.05) is 32.1 Å². The van der Waals surface area contributed by atoms with E-state index < -0.39 is 29.6 Å². The van der Waals surface area contributed by atoms with Gasteiger partial charge in [-0.1, -0.05) is 0 Å². The molecule has 1 unspecified atom stereocenters. The zero-order chi connectivity index (χ0) is 18.6. The molecule has 1 fully saturated rings. The van der Waals surface area contributed by atoms with Crippen LogP contribution in [0.25, 0.3) is 0 Å². The predicted molar refractivity (Wildman–Crippen MR) is 94.2 cm³/mol. The van der Waals surface area contributed by atoms with Crippen LogP contribution in [-0.2, 0) is 9.59 Å². The lowest BCUT2D eigenvalue weighted by Crippen LogP contribution is -2.35. The molecular formula is C16H21ClF2N4O3. The number of carbonyl (C=O) groups is 3. The molecule has 2 rings (SSSR count). The summed E-state index contributed by atoms with van der Waals surface area (Å²) in [7, 11) is 3.42. The fourth-order valence-electron chi connectivity index (χ4n) is 2.48. The Morgan fingerprint density at radius 1 is 1.35 bits per heavy atom. The number of imide groups is 1. The number of likely N-dealkylation sites (N-methyl/N-ethyl adjacent to an activating group) is 2. The molecule has 1 atom stereocenters.